The number of carboxylic acids is 1. The Labute approximate surface area is 192 Å². The van der Waals surface area contributed by atoms with Gasteiger partial charge in [-0.1, -0.05) is 19.0 Å². The first-order valence-corrected chi connectivity index (χ1v) is 12.1. The number of carbonyl (C=O) groups is 2. The van der Waals surface area contributed by atoms with Crippen LogP contribution in [0.4, 0.5) is 0 Å². The second kappa shape index (κ2) is 8.30. The van der Waals surface area contributed by atoms with E-state index in [0.717, 1.165) is 0 Å². The number of sulfone groups is 1. The summed E-state index contributed by atoms with van der Waals surface area (Å²) in [5.74, 6) is -1.61. The summed E-state index contributed by atoms with van der Waals surface area (Å²) in [6.45, 7) is 6.84. The van der Waals surface area contributed by atoms with Gasteiger partial charge in [-0.3, -0.25) is 9.48 Å². The molecule has 0 bridgehead atoms. The number of rotatable bonds is 10. The van der Waals surface area contributed by atoms with E-state index in [4.69, 9.17) is 10.3 Å². The lowest BCUT2D eigenvalue weighted by Gasteiger charge is -2.35. The van der Waals surface area contributed by atoms with Crippen LogP contribution >= 0.6 is 0 Å². The van der Waals surface area contributed by atoms with Crippen LogP contribution in [0, 0.1) is 0 Å². The van der Waals surface area contributed by atoms with Gasteiger partial charge in [0.1, 0.15) is 5.69 Å². The van der Waals surface area contributed by atoms with Crippen molar-refractivity contribution in [2.45, 2.75) is 62.0 Å². The minimum Gasteiger partial charge on any atom is -0.476 e. The van der Waals surface area contributed by atoms with E-state index in [1.807, 2.05) is 0 Å². The Morgan fingerprint density at radius 1 is 1.30 bits per heavy atom. The van der Waals surface area contributed by atoms with E-state index in [0.29, 0.717) is 24.8 Å². The molecule has 1 saturated carbocycles. The highest BCUT2D eigenvalue weighted by Gasteiger charge is 2.61. The SMILES string of the molecule is Cn1nc(C(=O)O)c2c1C(=O)N(CC1(S(=O)(=O)C(C)(C)COCC(C)(C)N=[N+]=[N-])CC1)CC2. The molecule has 182 valence electrons. The van der Waals surface area contributed by atoms with Crippen LogP contribution in [-0.4, -0.2) is 81.4 Å². The van der Waals surface area contributed by atoms with Crippen LogP contribution in [0.15, 0.2) is 5.11 Å². The number of hydrogen-bond acceptors (Lipinski definition) is 7. The second-order valence-corrected chi connectivity index (χ2v) is 13.0. The van der Waals surface area contributed by atoms with Crippen LogP contribution in [0.5, 0.6) is 0 Å². The number of carbonyl (C=O) groups excluding carboxylic acids is 1. The van der Waals surface area contributed by atoms with Gasteiger partial charge in [0.2, 0.25) is 0 Å². The Morgan fingerprint density at radius 3 is 2.48 bits per heavy atom. The Balaban J connectivity index is 1.76. The molecule has 1 N–H and O–H groups in total. The van der Waals surface area contributed by atoms with Crippen molar-refractivity contribution in [2.75, 3.05) is 26.3 Å². The molecule has 1 aromatic heterocycles. The molecule has 2 aliphatic rings. The summed E-state index contributed by atoms with van der Waals surface area (Å²) in [6.07, 6.45) is 1.17. The zero-order valence-electron chi connectivity index (χ0n) is 19.5. The number of aryl methyl sites for hydroxylation is 1. The molecule has 3 rings (SSSR count). The number of ether oxygens (including phenoxy) is 1. The van der Waals surface area contributed by atoms with Gasteiger partial charge in [-0.05, 0) is 38.6 Å². The first kappa shape index (κ1) is 25.0. The van der Waals surface area contributed by atoms with Crippen LogP contribution in [0.2, 0.25) is 0 Å². The molecule has 2 heterocycles. The quantitative estimate of drug-likeness (QED) is 0.302. The van der Waals surface area contributed by atoms with Gasteiger partial charge in [0, 0.05) is 30.6 Å². The number of nitrogens with zero attached hydrogens (tertiary/aromatic N) is 6. The smallest absolute Gasteiger partial charge is 0.356 e. The number of amides is 1. The molecule has 12 nitrogen and oxygen atoms in total. The molecule has 13 heteroatoms. The van der Waals surface area contributed by atoms with Gasteiger partial charge in [0.05, 0.1) is 28.2 Å². The molecule has 1 aromatic rings. The Morgan fingerprint density at radius 2 is 1.94 bits per heavy atom. The highest BCUT2D eigenvalue weighted by atomic mass is 32.2. The highest BCUT2D eigenvalue weighted by Crippen LogP contribution is 2.49. The lowest BCUT2D eigenvalue weighted by molar-refractivity contribution is 0.0688. The van der Waals surface area contributed by atoms with Crippen molar-refractivity contribution >= 4 is 21.7 Å². The van der Waals surface area contributed by atoms with E-state index >= 15 is 0 Å². The fourth-order valence-corrected chi connectivity index (χ4v) is 6.63. The fraction of sp³-hybridized carbons (Fsp3) is 0.750. The third kappa shape index (κ3) is 4.44. The maximum absolute atomic E-state index is 13.6. The largest absolute Gasteiger partial charge is 0.476 e. The molecular formula is C20H30N6O6S. The third-order valence-corrected chi connectivity index (χ3v) is 9.52. The first-order valence-electron chi connectivity index (χ1n) is 10.6. The first-order chi connectivity index (χ1) is 15.2. The number of fused-ring (bicyclic) bond motifs is 1. The summed E-state index contributed by atoms with van der Waals surface area (Å²) in [6, 6.07) is 0. The summed E-state index contributed by atoms with van der Waals surface area (Å²) >= 11 is 0. The fourth-order valence-electron chi connectivity index (χ4n) is 4.25. The number of aromatic nitrogens is 2. The van der Waals surface area contributed by atoms with Gasteiger partial charge in [0.25, 0.3) is 5.91 Å². The zero-order chi connectivity index (χ0) is 24.8. The number of azide groups is 1. The molecule has 1 fully saturated rings. The van der Waals surface area contributed by atoms with Gasteiger partial charge >= 0.3 is 5.97 Å². The van der Waals surface area contributed by atoms with Crippen molar-refractivity contribution in [3.05, 3.63) is 27.4 Å². The summed E-state index contributed by atoms with van der Waals surface area (Å²) in [4.78, 5) is 28.8. The molecule has 1 aliphatic carbocycles. The predicted octanol–water partition coefficient (Wildman–Crippen LogP) is 1.95. The van der Waals surface area contributed by atoms with Crippen molar-refractivity contribution in [2.24, 2.45) is 12.2 Å². The van der Waals surface area contributed by atoms with Crippen LogP contribution in [-0.2, 0) is 28.0 Å². The summed E-state index contributed by atoms with van der Waals surface area (Å²) in [5, 5.41) is 16.9. The Kier molecular flexibility index (Phi) is 6.29. The maximum Gasteiger partial charge on any atom is 0.356 e. The highest BCUT2D eigenvalue weighted by molar-refractivity contribution is 7.94. The van der Waals surface area contributed by atoms with E-state index in [1.54, 1.807) is 27.7 Å². The van der Waals surface area contributed by atoms with Crippen molar-refractivity contribution in [1.29, 1.82) is 0 Å². The lowest BCUT2D eigenvalue weighted by Crippen LogP contribution is -2.52. The van der Waals surface area contributed by atoms with E-state index in [9.17, 15) is 23.1 Å². The molecule has 0 unspecified atom stereocenters. The van der Waals surface area contributed by atoms with Crippen molar-refractivity contribution in [1.82, 2.24) is 14.7 Å². The molecule has 0 aromatic carbocycles. The second-order valence-electron chi connectivity index (χ2n) is 10.0. The molecule has 33 heavy (non-hydrogen) atoms. The molecule has 0 radical (unpaired) electrons. The van der Waals surface area contributed by atoms with Gasteiger partial charge in [0.15, 0.2) is 15.5 Å². The molecule has 1 aliphatic heterocycles. The van der Waals surface area contributed by atoms with E-state index < -0.39 is 36.7 Å². The summed E-state index contributed by atoms with van der Waals surface area (Å²) < 4.78 is 31.8. The van der Waals surface area contributed by atoms with E-state index in [-0.39, 0.29) is 37.7 Å². The molecular weight excluding hydrogens is 452 g/mol. The van der Waals surface area contributed by atoms with Crippen LogP contribution in [0.1, 0.15) is 67.1 Å². The lowest BCUT2D eigenvalue weighted by atomic mass is 10.0. The molecule has 0 spiro atoms. The summed E-state index contributed by atoms with van der Waals surface area (Å²) in [7, 11) is -2.21. The third-order valence-electron chi connectivity index (χ3n) is 6.27. The van der Waals surface area contributed by atoms with Crippen molar-refractivity contribution in [3.63, 3.8) is 0 Å². The molecule has 1 amide bonds. The predicted molar refractivity (Wildman–Crippen MR) is 119 cm³/mol. The normalized spacial score (nSPS) is 18.0. The van der Waals surface area contributed by atoms with Gasteiger partial charge in [-0.25, -0.2) is 13.2 Å². The van der Waals surface area contributed by atoms with Crippen molar-refractivity contribution in [3.8, 4) is 0 Å². The van der Waals surface area contributed by atoms with Crippen LogP contribution in [0.25, 0.3) is 10.4 Å². The topological polar surface area (TPSA) is 168 Å². The van der Waals surface area contributed by atoms with Gasteiger partial charge < -0.3 is 14.7 Å². The van der Waals surface area contributed by atoms with Gasteiger partial charge in [-0.15, -0.1) is 0 Å². The average Bonchev–Trinajstić information content (AvgIpc) is 3.40. The van der Waals surface area contributed by atoms with E-state index in [1.165, 1.54) is 16.6 Å². The van der Waals surface area contributed by atoms with Crippen LogP contribution in [0.3, 0.4) is 0 Å². The minimum absolute atomic E-state index is 0.0365. The molecule has 0 atom stereocenters. The monoisotopic (exact) mass is 482 g/mol. The number of aromatic carboxylic acids is 1. The molecule has 0 saturated heterocycles. The van der Waals surface area contributed by atoms with E-state index in [2.05, 4.69) is 15.1 Å². The number of carboxylic acid groups (broad SMARTS) is 1. The van der Waals surface area contributed by atoms with Crippen molar-refractivity contribution < 1.29 is 27.9 Å². The van der Waals surface area contributed by atoms with Crippen LogP contribution < -0.4 is 0 Å². The average molecular weight is 483 g/mol. The Hall–Kier alpha value is -2.63. The number of hydrogen-bond donors (Lipinski definition) is 1. The Bertz CT molecular complexity index is 1130. The zero-order valence-corrected chi connectivity index (χ0v) is 20.3. The maximum atomic E-state index is 13.6. The minimum atomic E-state index is -3.71. The standard InChI is InChI=1S/C20H30N6O6S/c1-18(2,23-24-21)11-32-12-19(3,4)33(30,31)20(7-8-20)10-26-9-6-13-14(17(28)29)22-25(5)15(13)16(26)27/h6-12H2,1-5H3,(H,28,29). The van der Waals surface area contributed by atoms with Gasteiger partial charge in [-0.2, -0.15) is 5.10 Å². The summed E-state index contributed by atoms with van der Waals surface area (Å²) in [5.41, 5.74) is 8.26.